The molecule has 1 amide bonds. The summed E-state index contributed by atoms with van der Waals surface area (Å²) in [5.74, 6) is -0.0732. The van der Waals surface area contributed by atoms with Crippen molar-refractivity contribution in [3.63, 3.8) is 0 Å². The van der Waals surface area contributed by atoms with Gasteiger partial charge in [-0.05, 0) is 31.4 Å². The van der Waals surface area contributed by atoms with E-state index < -0.39 is 0 Å². The van der Waals surface area contributed by atoms with Crippen molar-refractivity contribution in [3.8, 4) is 0 Å². The highest BCUT2D eigenvalue weighted by molar-refractivity contribution is 5.94. The maximum absolute atomic E-state index is 12.5. The lowest BCUT2D eigenvalue weighted by Crippen LogP contribution is -2.40. The van der Waals surface area contributed by atoms with Gasteiger partial charge in [0, 0.05) is 18.7 Å². The molecule has 2 rings (SSSR count). The number of unbranched alkanes of at least 4 members (excludes halogenated alkanes) is 11. The highest BCUT2D eigenvalue weighted by Gasteiger charge is 2.28. The molecule has 1 heterocycles. The molecule has 0 aliphatic carbocycles. The van der Waals surface area contributed by atoms with Gasteiger partial charge in [0.1, 0.15) is 0 Å². The SMILES string of the molecule is CCCCCCCCCCCCCCOC(=O)C1CCN(C(=O)c2ccccc2)CC1. The van der Waals surface area contributed by atoms with Gasteiger partial charge >= 0.3 is 5.97 Å². The molecule has 1 aliphatic rings. The molecule has 1 aliphatic heterocycles. The Hall–Kier alpha value is -1.84. The first kappa shape index (κ1) is 25.4. The van der Waals surface area contributed by atoms with Gasteiger partial charge in [-0.2, -0.15) is 0 Å². The number of carbonyl (C=O) groups is 2. The number of piperidine rings is 1. The van der Waals surface area contributed by atoms with Crippen LogP contribution in [0.1, 0.15) is 107 Å². The van der Waals surface area contributed by atoms with E-state index in [-0.39, 0.29) is 17.8 Å². The van der Waals surface area contributed by atoms with Crippen molar-refractivity contribution in [1.82, 2.24) is 4.90 Å². The van der Waals surface area contributed by atoms with E-state index in [0.29, 0.717) is 32.5 Å². The number of benzene rings is 1. The van der Waals surface area contributed by atoms with Gasteiger partial charge in [-0.1, -0.05) is 95.8 Å². The van der Waals surface area contributed by atoms with E-state index in [2.05, 4.69) is 6.92 Å². The first-order valence-electron chi connectivity index (χ1n) is 12.7. The predicted molar refractivity (Wildman–Crippen MR) is 127 cm³/mol. The molecule has 0 atom stereocenters. The average molecular weight is 430 g/mol. The van der Waals surface area contributed by atoms with Crippen LogP contribution in [0.4, 0.5) is 0 Å². The van der Waals surface area contributed by atoms with Crippen LogP contribution in [-0.2, 0) is 9.53 Å². The van der Waals surface area contributed by atoms with Crippen molar-refractivity contribution in [2.45, 2.75) is 96.8 Å². The predicted octanol–water partition coefficient (Wildman–Crippen LogP) is 6.78. The Kier molecular flexibility index (Phi) is 13.0. The van der Waals surface area contributed by atoms with Crippen LogP contribution >= 0.6 is 0 Å². The van der Waals surface area contributed by atoms with E-state index in [1.807, 2.05) is 35.2 Å². The van der Waals surface area contributed by atoms with Gasteiger partial charge in [0.2, 0.25) is 0 Å². The Labute approximate surface area is 189 Å². The van der Waals surface area contributed by atoms with Crippen LogP contribution in [0.25, 0.3) is 0 Å². The summed E-state index contributed by atoms with van der Waals surface area (Å²) < 4.78 is 5.51. The third-order valence-corrected chi connectivity index (χ3v) is 6.38. The van der Waals surface area contributed by atoms with Gasteiger partial charge in [0.25, 0.3) is 5.91 Å². The highest BCUT2D eigenvalue weighted by Crippen LogP contribution is 2.21. The highest BCUT2D eigenvalue weighted by atomic mass is 16.5. The molecule has 0 unspecified atom stereocenters. The quantitative estimate of drug-likeness (QED) is 0.228. The van der Waals surface area contributed by atoms with E-state index in [4.69, 9.17) is 4.74 Å². The summed E-state index contributed by atoms with van der Waals surface area (Å²) in [7, 11) is 0. The first-order chi connectivity index (χ1) is 15.2. The molecule has 31 heavy (non-hydrogen) atoms. The molecule has 0 bridgehead atoms. The number of carbonyl (C=O) groups excluding carboxylic acids is 2. The summed E-state index contributed by atoms with van der Waals surface area (Å²) in [6, 6.07) is 9.37. The number of nitrogens with zero attached hydrogens (tertiary/aromatic N) is 1. The smallest absolute Gasteiger partial charge is 0.309 e. The molecule has 1 aromatic rings. The van der Waals surface area contributed by atoms with Crippen LogP contribution in [-0.4, -0.2) is 36.5 Å². The standard InChI is InChI=1S/C27H43NO3/c1-2-3-4-5-6-7-8-9-10-11-12-16-23-31-27(30)25-19-21-28(22-20-25)26(29)24-17-14-13-15-18-24/h13-15,17-18,25H,2-12,16,19-23H2,1H3. The lowest BCUT2D eigenvalue weighted by Gasteiger charge is -2.31. The minimum absolute atomic E-state index is 0.0582. The molecular formula is C27H43NO3. The van der Waals surface area contributed by atoms with E-state index in [1.54, 1.807) is 0 Å². The molecular weight excluding hydrogens is 386 g/mol. The lowest BCUT2D eigenvalue weighted by atomic mass is 9.96. The minimum Gasteiger partial charge on any atom is -0.465 e. The summed E-state index contributed by atoms with van der Waals surface area (Å²) in [5, 5.41) is 0. The van der Waals surface area contributed by atoms with Crippen LogP contribution in [0.2, 0.25) is 0 Å². The number of esters is 1. The van der Waals surface area contributed by atoms with Gasteiger partial charge in [-0.25, -0.2) is 0 Å². The van der Waals surface area contributed by atoms with Gasteiger partial charge < -0.3 is 9.64 Å². The fourth-order valence-corrected chi connectivity index (χ4v) is 4.32. The molecule has 1 fully saturated rings. The molecule has 0 aromatic heterocycles. The van der Waals surface area contributed by atoms with E-state index >= 15 is 0 Å². The number of hydrogen-bond donors (Lipinski definition) is 0. The van der Waals surface area contributed by atoms with Crippen LogP contribution in [0, 0.1) is 5.92 Å². The van der Waals surface area contributed by atoms with E-state index in [0.717, 1.165) is 18.4 Å². The normalized spacial score (nSPS) is 14.5. The van der Waals surface area contributed by atoms with Crippen LogP contribution in [0.5, 0.6) is 0 Å². The van der Waals surface area contributed by atoms with Crippen molar-refractivity contribution in [3.05, 3.63) is 35.9 Å². The maximum Gasteiger partial charge on any atom is 0.309 e. The molecule has 0 spiro atoms. The minimum atomic E-state index is -0.0742. The second kappa shape index (κ2) is 15.9. The lowest BCUT2D eigenvalue weighted by molar-refractivity contribution is -0.150. The van der Waals surface area contributed by atoms with Crippen LogP contribution in [0.15, 0.2) is 30.3 Å². The summed E-state index contributed by atoms with van der Waals surface area (Å²) >= 11 is 0. The largest absolute Gasteiger partial charge is 0.465 e. The average Bonchev–Trinajstić information content (AvgIpc) is 2.82. The van der Waals surface area contributed by atoms with Crippen molar-refractivity contribution in [2.75, 3.05) is 19.7 Å². The fraction of sp³-hybridized carbons (Fsp3) is 0.704. The van der Waals surface area contributed by atoms with Crippen molar-refractivity contribution in [2.24, 2.45) is 5.92 Å². The Morgan fingerprint density at radius 1 is 0.806 bits per heavy atom. The third kappa shape index (κ3) is 10.3. The van der Waals surface area contributed by atoms with E-state index in [9.17, 15) is 9.59 Å². The molecule has 4 nitrogen and oxygen atoms in total. The van der Waals surface area contributed by atoms with Crippen molar-refractivity contribution >= 4 is 11.9 Å². The van der Waals surface area contributed by atoms with Gasteiger partial charge in [-0.3, -0.25) is 9.59 Å². The number of hydrogen-bond acceptors (Lipinski definition) is 3. The van der Waals surface area contributed by atoms with Crippen LogP contribution < -0.4 is 0 Å². The topological polar surface area (TPSA) is 46.6 Å². The molecule has 0 saturated carbocycles. The number of ether oxygens (including phenoxy) is 1. The van der Waals surface area contributed by atoms with Gasteiger partial charge in [0.15, 0.2) is 0 Å². The molecule has 4 heteroatoms. The summed E-state index contributed by atoms with van der Waals surface area (Å²) in [6.07, 6.45) is 17.1. The zero-order valence-corrected chi connectivity index (χ0v) is 19.7. The van der Waals surface area contributed by atoms with Crippen LogP contribution in [0.3, 0.4) is 0 Å². The summed E-state index contributed by atoms with van der Waals surface area (Å²) in [6.45, 7) is 4.07. The summed E-state index contributed by atoms with van der Waals surface area (Å²) in [5.41, 5.74) is 0.718. The molecule has 0 N–H and O–H groups in total. The zero-order valence-electron chi connectivity index (χ0n) is 19.7. The first-order valence-corrected chi connectivity index (χ1v) is 12.7. The zero-order chi connectivity index (χ0) is 22.2. The number of likely N-dealkylation sites (tertiary alicyclic amines) is 1. The Morgan fingerprint density at radius 3 is 1.87 bits per heavy atom. The van der Waals surface area contributed by atoms with Crippen molar-refractivity contribution in [1.29, 1.82) is 0 Å². The third-order valence-electron chi connectivity index (χ3n) is 6.38. The second-order valence-corrected chi connectivity index (χ2v) is 8.99. The Morgan fingerprint density at radius 2 is 1.32 bits per heavy atom. The van der Waals surface area contributed by atoms with Crippen molar-refractivity contribution < 1.29 is 14.3 Å². The van der Waals surface area contributed by atoms with E-state index in [1.165, 1.54) is 64.2 Å². The Balaban J connectivity index is 1.44. The van der Waals surface area contributed by atoms with Gasteiger partial charge in [-0.15, -0.1) is 0 Å². The van der Waals surface area contributed by atoms with Gasteiger partial charge in [0.05, 0.1) is 12.5 Å². The number of amides is 1. The summed E-state index contributed by atoms with van der Waals surface area (Å²) in [4.78, 5) is 26.7. The fourth-order valence-electron chi connectivity index (χ4n) is 4.32. The molecule has 1 saturated heterocycles. The maximum atomic E-state index is 12.5. The second-order valence-electron chi connectivity index (χ2n) is 8.99. The molecule has 1 aromatic carbocycles. The Bertz CT molecular complexity index is 608. The monoisotopic (exact) mass is 429 g/mol. The molecule has 0 radical (unpaired) electrons. The number of rotatable bonds is 15. The molecule has 174 valence electrons.